The standard InChI is InChI=1S/C29H28BrN3O5/c1-37-25-11-5-7-19(27(25)38-2)14-23(31-28(35)21-8-3-4-9-22(21)30)29(36)32-15-18-13-20(17-32)24-10-6-12-26(34)33(24)16-18/h3-12,14,18,20H,13,15-17H2,1-2H3,(H,31,35)/b23-14-/t18-,20+/m1/s1. The number of para-hydroxylation sites is 1. The Bertz CT molecular complexity index is 1480. The molecule has 1 fully saturated rings. The number of hydrogen-bond donors (Lipinski definition) is 1. The number of aromatic nitrogens is 1. The summed E-state index contributed by atoms with van der Waals surface area (Å²) in [6.45, 7) is 1.52. The molecule has 0 aliphatic carbocycles. The van der Waals surface area contributed by atoms with Crippen LogP contribution in [0.3, 0.4) is 0 Å². The van der Waals surface area contributed by atoms with Crippen LogP contribution in [0.4, 0.5) is 0 Å². The van der Waals surface area contributed by atoms with Gasteiger partial charge in [-0.05, 0) is 58.6 Å². The lowest BCUT2D eigenvalue weighted by atomic mass is 9.83. The Hall–Kier alpha value is -3.85. The normalized spacial score (nSPS) is 18.4. The van der Waals surface area contributed by atoms with Crippen molar-refractivity contribution in [1.82, 2.24) is 14.8 Å². The number of pyridine rings is 1. The van der Waals surface area contributed by atoms with Gasteiger partial charge >= 0.3 is 0 Å². The van der Waals surface area contributed by atoms with E-state index in [1.807, 2.05) is 16.7 Å². The molecule has 5 rings (SSSR count). The second-order valence-corrected chi connectivity index (χ2v) is 10.3. The zero-order chi connectivity index (χ0) is 26.8. The van der Waals surface area contributed by atoms with Crippen LogP contribution < -0.4 is 20.3 Å². The Labute approximate surface area is 229 Å². The number of amides is 2. The third-order valence-corrected chi connectivity index (χ3v) is 7.79. The number of benzene rings is 2. The molecule has 3 heterocycles. The highest BCUT2D eigenvalue weighted by molar-refractivity contribution is 9.10. The molecule has 8 nitrogen and oxygen atoms in total. The quantitative estimate of drug-likeness (QED) is 0.446. The molecule has 38 heavy (non-hydrogen) atoms. The van der Waals surface area contributed by atoms with E-state index in [2.05, 4.69) is 21.2 Å². The van der Waals surface area contributed by atoms with Crippen LogP contribution in [0, 0.1) is 5.92 Å². The molecule has 2 aromatic carbocycles. The molecule has 1 saturated heterocycles. The Morgan fingerprint density at radius 2 is 1.76 bits per heavy atom. The van der Waals surface area contributed by atoms with E-state index in [9.17, 15) is 14.4 Å². The van der Waals surface area contributed by atoms with E-state index in [0.29, 0.717) is 46.7 Å². The molecule has 2 aliphatic rings. The number of methoxy groups -OCH3 is 2. The van der Waals surface area contributed by atoms with E-state index in [0.717, 1.165) is 12.1 Å². The molecule has 0 unspecified atom stereocenters. The van der Waals surface area contributed by atoms with Crippen molar-refractivity contribution in [2.24, 2.45) is 5.92 Å². The van der Waals surface area contributed by atoms with Gasteiger partial charge in [0, 0.05) is 47.3 Å². The molecule has 3 aromatic rings. The van der Waals surface area contributed by atoms with Gasteiger partial charge in [-0.15, -0.1) is 0 Å². The van der Waals surface area contributed by atoms with Crippen molar-refractivity contribution in [3.05, 3.63) is 98.0 Å². The fourth-order valence-electron chi connectivity index (χ4n) is 5.40. The van der Waals surface area contributed by atoms with Gasteiger partial charge in [0.1, 0.15) is 5.70 Å². The van der Waals surface area contributed by atoms with Gasteiger partial charge in [0.15, 0.2) is 11.5 Å². The van der Waals surface area contributed by atoms with Crippen molar-refractivity contribution in [3.63, 3.8) is 0 Å². The lowest BCUT2D eigenvalue weighted by molar-refractivity contribution is -0.130. The van der Waals surface area contributed by atoms with Gasteiger partial charge < -0.3 is 24.3 Å². The summed E-state index contributed by atoms with van der Waals surface area (Å²) in [5.41, 5.74) is 2.07. The van der Waals surface area contributed by atoms with Crippen LogP contribution in [0.1, 0.15) is 34.0 Å². The summed E-state index contributed by atoms with van der Waals surface area (Å²) in [6.07, 6.45) is 2.54. The predicted molar refractivity (Wildman–Crippen MR) is 147 cm³/mol. The minimum absolute atomic E-state index is 0.0108. The number of ether oxygens (including phenoxy) is 2. The summed E-state index contributed by atoms with van der Waals surface area (Å²) in [4.78, 5) is 41.5. The molecule has 2 atom stereocenters. The monoisotopic (exact) mass is 577 g/mol. The number of carbonyl (C=O) groups excluding carboxylic acids is 2. The number of likely N-dealkylation sites (tertiary alicyclic amines) is 1. The number of halogens is 1. The first-order chi connectivity index (χ1) is 18.4. The third kappa shape index (κ3) is 4.98. The largest absolute Gasteiger partial charge is 0.493 e. The third-order valence-electron chi connectivity index (χ3n) is 7.10. The lowest BCUT2D eigenvalue weighted by Crippen LogP contribution is -2.50. The van der Waals surface area contributed by atoms with Gasteiger partial charge in [0.2, 0.25) is 0 Å². The zero-order valence-corrected chi connectivity index (χ0v) is 22.7. The van der Waals surface area contributed by atoms with E-state index in [1.165, 1.54) is 7.11 Å². The molecular weight excluding hydrogens is 550 g/mol. The zero-order valence-electron chi connectivity index (χ0n) is 21.1. The molecule has 2 amide bonds. The number of hydrogen-bond acceptors (Lipinski definition) is 5. The summed E-state index contributed by atoms with van der Waals surface area (Å²) in [5.74, 6) is 0.465. The molecular formula is C29H28BrN3O5. The molecule has 2 aliphatic heterocycles. The Morgan fingerprint density at radius 3 is 2.53 bits per heavy atom. The van der Waals surface area contributed by atoms with Crippen molar-refractivity contribution in [3.8, 4) is 11.5 Å². The number of piperidine rings is 1. The lowest BCUT2D eigenvalue weighted by Gasteiger charge is -2.43. The Balaban J connectivity index is 1.51. The fourth-order valence-corrected chi connectivity index (χ4v) is 5.86. The molecule has 1 N–H and O–H groups in total. The summed E-state index contributed by atoms with van der Waals surface area (Å²) in [5, 5.41) is 2.85. The van der Waals surface area contributed by atoms with E-state index < -0.39 is 5.91 Å². The van der Waals surface area contributed by atoms with Crippen LogP contribution in [0.15, 0.2) is 75.6 Å². The number of carbonyl (C=O) groups is 2. The smallest absolute Gasteiger partial charge is 0.270 e. The van der Waals surface area contributed by atoms with E-state index >= 15 is 0 Å². The summed E-state index contributed by atoms with van der Waals surface area (Å²) >= 11 is 3.42. The molecule has 2 bridgehead atoms. The van der Waals surface area contributed by atoms with Gasteiger partial charge in [-0.2, -0.15) is 0 Å². The van der Waals surface area contributed by atoms with Crippen LogP contribution in [0.5, 0.6) is 11.5 Å². The van der Waals surface area contributed by atoms with E-state index in [1.54, 1.807) is 66.6 Å². The Morgan fingerprint density at radius 1 is 0.974 bits per heavy atom. The average molecular weight is 578 g/mol. The van der Waals surface area contributed by atoms with Crippen LogP contribution in [-0.2, 0) is 11.3 Å². The SMILES string of the molecule is COc1cccc(/C=C(\NC(=O)c2ccccc2Br)C(=O)N2C[C@H]3C[C@@H](C2)c2cccc(=O)n2C3)c1OC. The van der Waals surface area contributed by atoms with E-state index in [-0.39, 0.29) is 29.0 Å². The van der Waals surface area contributed by atoms with Gasteiger partial charge in [-0.3, -0.25) is 14.4 Å². The highest BCUT2D eigenvalue weighted by atomic mass is 79.9. The molecule has 9 heteroatoms. The van der Waals surface area contributed by atoms with Crippen molar-refractivity contribution in [2.75, 3.05) is 27.3 Å². The van der Waals surface area contributed by atoms with Gasteiger partial charge in [0.25, 0.3) is 17.4 Å². The number of rotatable bonds is 6. The first-order valence-electron chi connectivity index (χ1n) is 12.4. The van der Waals surface area contributed by atoms with E-state index in [4.69, 9.17) is 9.47 Å². The highest BCUT2D eigenvalue weighted by Gasteiger charge is 2.37. The molecule has 0 radical (unpaired) electrons. The maximum absolute atomic E-state index is 14.0. The minimum Gasteiger partial charge on any atom is -0.493 e. The molecule has 1 aromatic heterocycles. The summed E-state index contributed by atoms with van der Waals surface area (Å²) < 4.78 is 13.4. The average Bonchev–Trinajstić information content (AvgIpc) is 2.92. The second-order valence-electron chi connectivity index (χ2n) is 9.48. The maximum atomic E-state index is 14.0. The van der Waals surface area contributed by atoms with Crippen LogP contribution >= 0.6 is 15.9 Å². The topological polar surface area (TPSA) is 89.9 Å². The second kappa shape index (κ2) is 10.9. The Kier molecular flexibility index (Phi) is 7.37. The molecule has 0 spiro atoms. The van der Waals surface area contributed by atoms with Crippen LogP contribution in [0.25, 0.3) is 6.08 Å². The van der Waals surface area contributed by atoms with Crippen molar-refractivity contribution >= 4 is 33.8 Å². The van der Waals surface area contributed by atoms with Gasteiger partial charge in [-0.1, -0.05) is 30.3 Å². The first kappa shape index (κ1) is 25.8. The minimum atomic E-state index is -0.409. The van der Waals surface area contributed by atoms with Crippen molar-refractivity contribution in [1.29, 1.82) is 0 Å². The van der Waals surface area contributed by atoms with Crippen LogP contribution in [0.2, 0.25) is 0 Å². The summed E-state index contributed by atoms with van der Waals surface area (Å²) in [6, 6.07) is 17.7. The van der Waals surface area contributed by atoms with Crippen molar-refractivity contribution in [2.45, 2.75) is 18.9 Å². The number of nitrogens with one attached hydrogen (secondary N) is 1. The molecule has 0 saturated carbocycles. The van der Waals surface area contributed by atoms with Gasteiger partial charge in [-0.25, -0.2) is 0 Å². The number of nitrogens with zero attached hydrogens (tertiary/aromatic N) is 2. The molecule has 196 valence electrons. The maximum Gasteiger partial charge on any atom is 0.270 e. The first-order valence-corrected chi connectivity index (χ1v) is 13.2. The van der Waals surface area contributed by atoms with Crippen molar-refractivity contribution < 1.29 is 19.1 Å². The highest BCUT2D eigenvalue weighted by Crippen LogP contribution is 2.36. The predicted octanol–water partition coefficient (Wildman–Crippen LogP) is 4.04. The summed E-state index contributed by atoms with van der Waals surface area (Å²) in [7, 11) is 3.07. The number of fused-ring (bicyclic) bond motifs is 4. The van der Waals surface area contributed by atoms with Crippen LogP contribution in [-0.4, -0.2) is 48.6 Å². The van der Waals surface area contributed by atoms with Gasteiger partial charge in [0.05, 0.1) is 19.8 Å². The fraction of sp³-hybridized carbons (Fsp3) is 0.276.